The minimum Gasteiger partial charge on any atom is -0.399 e. The molecule has 5 heteroatoms. The summed E-state index contributed by atoms with van der Waals surface area (Å²) in [7, 11) is 2.13. The molecule has 0 fully saturated rings. The molecule has 0 aliphatic carbocycles. The predicted octanol–water partition coefficient (Wildman–Crippen LogP) is 1.84. The van der Waals surface area contributed by atoms with E-state index in [-0.39, 0.29) is 6.61 Å². The number of benzene rings is 1. The van der Waals surface area contributed by atoms with Crippen LogP contribution in [0.25, 0.3) is 11.0 Å². The zero-order valence-electron chi connectivity index (χ0n) is 12.5. The van der Waals surface area contributed by atoms with Gasteiger partial charge in [-0.2, -0.15) is 0 Å². The largest absolute Gasteiger partial charge is 0.399 e. The van der Waals surface area contributed by atoms with Crippen molar-refractivity contribution in [3.8, 4) is 0 Å². The van der Waals surface area contributed by atoms with Crippen LogP contribution in [0.4, 0.5) is 5.69 Å². The Balaban J connectivity index is 2.16. The maximum atomic E-state index is 9.46. The monoisotopic (exact) mass is 276 g/mol. The number of aliphatic hydroxyl groups excluding tert-OH is 1. The number of hydrogen-bond acceptors (Lipinski definition) is 4. The summed E-state index contributed by atoms with van der Waals surface area (Å²) in [6.45, 7) is 6.21. The van der Waals surface area contributed by atoms with Crippen LogP contribution < -0.4 is 5.73 Å². The second-order valence-electron chi connectivity index (χ2n) is 5.51. The van der Waals surface area contributed by atoms with E-state index in [0.717, 1.165) is 30.5 Å². The topological polar surface area (TPSA) is 67.3 Å². The van der Waals surface area contributed by atoms with Crippen LogP contribution in [-0.4, -0.2) is 39.2 Å². The Morgan fingerprint density at radius 1 is 1.40 bits per heavy atom. The lowest BCUT2D eigenvalue weighted by Crippen LogP contribution is -2.28. The van der Waals surface area contributed by atoms with Crippen LogP contribution in [0.2, 0.25) is 0 Å². The van der Waals surface area contributed by atoms with Crippen molar-refractivity contribution in [1.29, 1.82) is 0 Å². The van der Waals surface area contributed by atoms with Crippen LogP contribution >= 0.6 is 0 Å². The third kappa shape index (κ3) is 3.11. The summed E-state index contributed by atoms with van der Waals surface area (Å²) in [6, 6.07) is 6.25. The van der Waals surface area contributed by atoms with E-state index in [1.807, 2.05) is 18.2 Å². The van der Waals surface area contributed by atoms with Gasteiger partial charge in [0, 0.05) is 18.3 Å². The summed E-state index contributed by atoms with van der Waals surface area (Å²) in [5.41, 5.74) is 8.37. The van der Waals surface area contributed by atoms with E-state index < -0.39 is 0 Å². The van der Waals surface area contributed by atoms with Crippen molar-refractivity contribution < 1.29 is 5.11 Å². The van der Waals surface area contributed by atoms with Gasteiger partial charge in [-0.15, -0.1) is 0 Å². The summed E-state index contributed by atoms with van der Waals surface area (Å²) in [6.07, 6.45) is 1.03. The quantitative estimate of drug-likeness (QED) is 0.790. The van der Waals surface area contributed by atoms with Gasteiger partial charge >= 0.3 is 0 Å². The smallest absolute Gasteiger partial charge is 0.135 e. The molecule has 1 heterocycles. The van der Waals surface area contributed by atoms with Crippen molar-refractivity contribution in [2.75, 3.05) is 19.3 Å². The van der Waals surface area contributed by atoms with Crippen LogP contribution in [0.15, 0.2) is 18.2 Å². The fraction of sp³-hybridized carbons (Fsp3) is 0.533. The highest BCUT2D eigenvalue weighted by atomic mass is 16.3. The number of imidazole rings is 1. The summed E-state index contributed by atoms with van der Waals surface area (Å²) in [5, 5.41) is 9.46. The molecule has 3 N–H and O–H groups in total. The van der Waals surface area contributed by atoms with Crippen LogP contribution in [0.1, 0.15) is 26.1 Å². The highest BCUT2D eigenvalue weighted by Crippen LogP contribution is 2.19. The third-order valence-electron chi connectivity index (χ3n) is 3.77. The number of aromatic nitrogens is 2. The van der Waals surface area contributed by atoms with E-state index in [4.69, 9.17) is 5.73 Å². The molecule has 1 aromatic heterocycles. The predicted molar refractivity (Wildman–Crippen MR) is 82.5 cm³/mol. The number of aliphatic hydroxyl groups is 1. The molecule has 0 spiro atoms. The third-order valence-corrected chi connectivity index (χ3v) is 3.77. The Labute approximate surface area is 120 Å². The molecule has 0 saturated carbocycles. The van der Waals surface area contributed by atoms with Gasteiger partial charge in [0.25, 0.3) is 0 Å². The lowest BCUT2D eigenvalue weighted by Gasteiger charge is -2.21. The first-order chi connectivity index (χ1) is 9.52. The zero-order valence-corrected chi connectivity index (χ0v) is 12.5. The first kappa shape index (κ1) is 14.8. The lowest BCUT2D eigenvalue weighted by atomic mass is 10.2. The number of nitrogens with two attached hydrogens (primary N) is 1. The summed E-state index contributed by atoms with van der Waals surface area (Å²) in [4.78, 5) is 6.76. The SMILES string of the molecule is CC(C)N(C)CCCn1c(CO)nc2cc(N)ccc21. The van der Waals surface area contributed by atoms with Crippen LogP contribution in [0.5, 0.6) is 0 Å². The van der Waals surface area contributed by atoms with E-state index in [9.17, 15) is 5.11 Å². The van der Waals surface area contributed by atoms with Gasteiger partial charge in [-0.1, -0.05) is 0 Å². The molecule has 20 heavy (non-hydrogen) atoms. The number of rotatable bonds is 6. The molecule has 0 saturated heterocycles. The van der Waals surface area contributed by atoms with Crippen LogP contribution in [-0.2, 0) is 13.2 Å². The number of nitrogen functional groups attached to an aromatic ring is 1. The Morgan fingerprint density at radius 2 is 2.15 bits per heavy atom. The number of fused-ring (bicyclic) bond motifs is 1. The van der Waals surface area contributed by atoms with Crippen molar-refractivity contribution in [3.05, 3.63) is 24.0 Å². The Bertz CT molecular complexity index is 577. The average Bonchev–Trinajstić information content (AvgIpc) is 2.75. The highest BCUT2D eigenvalue weighted by molar-refractivity contribution is 5.79. The minimum atomic E-state index is -0.0470. The fourth-order valence-electron chi connectivity index (χ4n) is 2.30. The molecule has 0 radical (unpaired) electrons. The van der Waals surface area contributed by atoms with E-state index in [1.54, 1.807) is 0 Å². The van der Waals surface area contributed by atoms with Gasteiger partial charge in [0.2, 0.25) is 0 Å². The van der Waals surface area contributed by atoms with Gasteiger partial charge in [-0.3, -0.25) is 0 Å². The summed E-state index contributed by atoms with van der Waals surface area (Å²) in [5.74, 6) is 0.706. The standard InChI is InChI=1S/C15H24N4O/c1-11(2)18(3)7-4-8-19-14-6-5-12(16)9-13(14)17-15(19)10-20/h5-6,9,11,20H,4,7-8,10,16H2,1-3H3. The summed E-state index contributed by atoms with van der Waals surface area (Å²) < 4.78 is 2.09. The molecule has 0 aliphatic heterocycles. The molecule has 0 aliphatic rings. The van der Waals surface area contributed by atoms with Crippen molar-refractivity contribution in [2.45, 2.75) is 39.5 Å². The Kier molecular flexibility index (Phi) is 4.62. The van der Waals surface area contributed by atoms with E-state index in [1.165, 1.54) is 0 Å². The number of hydrogen-bond donors (Lipinski definition) is 2. The average molecular weight is 276 g/mol. The molecule has 2 aromatic rings. The first-order valence-corrected chi connectivity index (χ1v) is 7.08. The normalized spacial score (nSPS) is 11.9. The summed E-state index contributed by atoms with van der Waals surface area (Å²) >= 11 is 0. The van der Waals surface area contributed by atoms with Gasteiger partial charge in [-0.05, 0) is 52.1 Å². The van der Waals surface area contributed by atoms with Crippen molar-refractivity contribution in [2.24, 2.45) is 0 Å². The molecule has 0 amide bonds. The number of nitrogens with zero attached hydrogens (tertiary/aromatic N) is 3. The second kappa shape index (κ2) is 6.24. The van der Waals surface area contributed by atoms with Crippen LogP contribution in [0, 0.1) is 0 Å². The Hall–Kier alpha value is -1.59. The van der Waals surface area contributed by atoms with Crippen LogP contribution in [0.3, 0.4) is 0 Å². The second-order valence-corrected chi connectivity index (χ2v) is 5.51. The van der Waals surface area contributed by atoms with Gasteiger partial charge in [0.05, 0.1) is 11.0 Å². The zero-order chi connectivity index (χ0) is 14.7. The maximum Gasteiger partial charge on any atom is 0.135 e. The molecular formula is C15H24N4O. The van der Waals surface area contributed by atoms with E-state index in [0.29, 0.717) is 17.6 Å². The van der Waals surface area contributed by atoms with Crippen molar-refractivity contribution in [3.63, 3.8) is 0 Å². The maximum absolute atomic E-state index is 9.46. The molecule has 0 bridgehead atoms. The molecule has 5 nitrogen and oxygen atoms in total. The number of anilines is 1. The van der Waals surface area contributed by atoms with Crippen molar-refractivity contribution >= 4 is 16.7 Å². The van der Waals surface area contributed by atoms with Gasteiger partial charge in [-0.25, -0.2) is 4.98 Å². The molecule has 2 rings (SSSR count). The number of aryl methyl sites for hydroxylation is 1. The van der Waals surface area contributed by atoms with E-state index >= 15 is 0 Å². The van der Waals surface area contributed by atoms with E-state index in [2.05, 4.69) is 35.3 Å². The first-order valence-electron chi connectivity index (χ1n) is 7.08. The van der Waals surface area contributed by atoms with Gasteiger partial charge in [0.1, 0.15) is 12.4 Å². The van der Waals surface area contributed by atoms with Crippen molar-refractivity contribution in [1.82, 2.24) is 14.5 Å². The minimum absolute atomic E-state index is 0.0470. The molecule has 0 unspecified atom stereocenters. The molecular weight excluding hydrogens is 252 g/mol. The molecule has 110 valence electrons. The van der Waals surface area contributed by atoms with Gasteiger partial charge < -0.3 is 20.3 Å². The van der Waals surface area contributed by atoms with Gasteiger partial charge in [0.15, 0.2) is 0 Å². The highest BCUT2D eigenvalue weighted by Gasteiger charge is 2.10. The Morgan fingerprint density at radius 3 is 2.80 bits per heavy atom. The lowest BCUT2D eigenvalue weighted by molar-refractivity contribution is 0.254. The fourth-order valence-corrected chi connectivity index (χ4v) is 2.30. The molecule has 0 atom stereocenters. The molecule has 1 aromatic carbocycles.